The van der Waals surface area contributed by atoms with Crippen molar-refractivity contribution < 1.29 is 14.3 Å². The molecule has 1 unspecified atom stereocenters. The first-order valence-corrected chi connectivity index (χ1v) is 8.97. The van der Waals surface area contributed by atoms with Gasteiger partial charge in [0.15, 0.2) is 0 Å². The third-order valence-corrected chi connectivity index (χ3v) is 4.73. The Morgan fingerprint density at radius 2 is 2.08 bits per heavy atom. The summed E-state index contributed by atoms with van der Waals surface area (Å²) in [6, 6.07) is 8.06. The second kappa shape index (κ2) is 8.25. The van der Waals surface area contributed by atoms with Gasteiger partial charge in [-0.05, 0) is 44.7 Å². The highest BCUT2D eigenvalue weighted by molar-refractivity contribution is 5.76. The maximum Gasteiger partial charge on any atom is 0.247 e. The lowest BCUT2D eigenvalue weighted by atomic mass is 9.99. The molecular formula is C19H25N3O3. The van der Waals surface area contributed by atoms with E-state index < -0.39 is 0 Å². The number of aliphatic hydroxyl groups is 1. The molecule has 1 N–H and O–H groups in total. The highest BCUT2D eigenvalue weighted by atomic mass is 16.4. The van der Waals surface area contributed by atoms with Gasteiger partial charge >= 0.3 is 0 Å². The third kappa shape index (κ3) is 4.45. The van der Waals surface area contributed by atoms with Crippen molar-refractivity contribution in [1.29, 1.82) is 0 Å². The Bertz CT molecular complexity index is 694. The van der Waals surface area contributed by atoms with Crippen molar-refractivity contribution in [2.24, 2.45) is 0 Å². The molecule has 1 aliphatic heterocycles. The van der Waals surface area contributed by atoms with Gasteiger partial charge in [-0.2, -0.15) is 0 Å². The van der Waals surface area contributed by atoms with Gasteiger partial charge in [-0.15, -0.1) is 10.2 Å². The summed E-state index contributed by atoms with van der Waals surface area (Å²) >= 11 is 0. The van der Waals surface area contributed by atoms with Crippen molar-refractivity contribution in [2.45, 2.75) is 51.5 Å². The zero-order valence-electron chi connectivity index (χ0n) is 14.6. The number of carbonyl (C=O) groups is 1. The van der Waals surface area contributed by atoms with Gasteiger partial charge in [0.1, 0.15) is 0 Å². The van der Waals surface area contributed by atoms with Gasteiger partial charge in [-0.1, -0.05) is 17.7 Å². The predicted octanol–water partition coefficient (Wildman–Crippen LogP) is 2.74. The van der Waals surface area contributed by atoms with Crippen LogP contribution in [0.1, 0.15) is 43.6 Å². The van der Waals surface area contributed by atoms with Crippen LogP contribution in [-0.2, 0) is 11.2 Å². The SMILES string of the molecule is Cc1ccc(-c2nnc(CCC(=O)N3CCCCC3CCO)o2)cc1. The lowest BCUT2D eigenvalue weighted by Crippen LogP contribution is -2.44. The Morgan fingerprint density at radius 3 is 2.84 bits per heavy atom. The third-order valence-electron chi connectivity index (χ3n) is 4.73. The van der Waals surface area contributed by atoms with Gasteiger partial charge < -0.3 is 14.4 Å². The number of hydrogen-bond acceptors (Lipinski definition) is 5. The fourth-order valence-electron chi connectivity index (χ4n) is 3.30. The van der Waals surface area contributed by atoms with Crippen molar-refractivity contribution in [1.82, 2.24) is 15.1 Å². The topological polar surface area (TPSA) is 79.5 Å². The van der Waals surface area contributed by atoms with Gasteiger partial charge in [-0.25, -0.2) is 0 Å². The summed E-state index contributed by atoms with van der Waals surface area (Å²) in [5.74, 6) is 1.08. The monoisotopic (exact) mass is 343 g/mol. The maximum atomic E-state index is 12.5. The minimum Gasteiger partial charge on any atom is -0.421 e. The number of hydrogen-bond donors (Lipinski definition) is 1. The number of aromatic nitrogens is 2. The van der Waals surface area contributed by atoms with E-state index in [1.54, 1.807) is 0 Å². The Labute approximate surface area is 147 Å². The molecule has 25 heavy (non-hydrogen) atoms. The maximum absolute atomic E-state index is 12.5. The second-order valence-corrected chi connectivity index (χ2v) is 6.62. The van der Waals surface area contributed by atoms with Crippen molar-refractivity contribution in [3.63, 3.8) is 0 Å². The summed E-state index contributed by atoms with van der Waals surface area (Å²) in [4.78, 5) is 14.4. The molecule has 1 aliphatic rings. The Kier molecular flexibility index (Phi) is 5.81. The van der Waals surface area contributed by atoms with Crippen molar-refractivity contribution in [3.05, 3.63) is 35.7 Å². The van der Waals surface area contributed by atoms with Crippen LogP contribution in [0.4, 0.5) is 0 Å². The lowest BCUT2D eigenvalue weighted by molar-refractivity contribution is -0.135. The minimum absolute atomic E-state index is 0.105. The molecule has 0 spiro atoms. The Balaban J connectivity index is 1.58. The number of carbonyl (C=O) groups excluding carboxylic acids is 1. The lowest BCUT2D eigenvalue weighted by Gasteiger charge is -2.35. The second-order valence-electron chi connectivity index (χ2n) is 6.62. The number of nitrogens with zero attached hydrogens (tertiary/aromatic N) is 3. The minimum atomic E-state index is 0.105. The van der Waals surface area contributed by atoms with E-state index in [1.807, 2.05) is 36.1 Å². The van der Waals surface area contributed by atoms with E-state index in [0.29, 0.717) is 31.0 Å². The molecule has 0 bridgehead atoms. The van der Waals surface area contributed by atoms with Gasteiger partial charge in [-0.3, -0.25) is 4.79 Å². The number of aryl methyl sites for hydroxylation is 2. The first-order chi connectivity index (χ1) is 12.2. The molecule has 134 valence electrons. The average Bonchev–Trinajstić information content (AvgIpc) is 3.10. The van der Waals surface area contributed by atoms with Crippen LogP contribution in [0.2, 0.25) is 0 Å². The molecule has 1 saturated heterocycles. The van der Waals surface area contributed by atoms with E-state index >= 15 is 0 Å². The number of piperidine rings is 1. The number of rotatable bonds is 6. The summed E-state index contributed by atoms with van der Waals surface area (Å²) in [7, 11) is 0. The molecule has 6 nitrogen and oxygen atoms in total. The number of amides is 1. The van der Waals surface area contributed by atoms with E-state index in [4.69, 9.17) is 4.42 Å². The molecule has 2 aromatic rings. The van der Waals surface area contributed by atoms with E-state index in [2.05, 4.69) is 10.2 Å². The van der Waals surface area contributed by atoms with Gasteiger partial charge in [0, 0.05) is 37.6 Å². The molecule has 0 radical (unpaired) electrons. The van der Waals surface area contributed by atoms with Crippen LogP contribution in [0.15, 0.2) is 28.7 Å². The molecule has 1 amide bonds. The van der Waals surface area contributed by atoms with E-state index in [1.165, 1.54) is 5.56 Å². The fraction of sp³-hybridized carbons (Fsp3) is 0.526. The smallest absolute Gasteiger partial charge is 0.247 e. The average molecular weight is 343 g/mol. The number of likely N-dealkylation sites (tertiary alicyclic amines) is 1. The molecular weight excluding hydrogens is 318 g/mol. The molecule has 0 saturated carbocycles. The highest BCUT2D eigenvalue weighted by Crippen LogP contribution is 2.22. The standard InChI is InChI=1S/C19H25N3O3/c1-14-5-7-15(8-6-14)19-21-20-17(25-19)9-10-18(24)22-12-3-2-4-16(22)11-13-23/h5-8,16,23H,2-4,9-13H2,1H3. The van der Waals surface area contributed by atoms with Crippen LogP contribution >= 0.6 is 0 Å². The summed E-state index contributed by atoms with van der Waals surface area (Å²) in [6.45, 7) is 2.93. The molecule has 3 rings (SSSR count). The van der Waals surface area contributed by atoms with Crippen LogP contribution in [-0.4, -0.2) is 45.3 Å². The first kappa shape index (κ1) is 17.6. The predicted molar refractivity (Wildman–Crippen MR) is 93.8 cm³/mol. The Hall–Kier alpha value is -2.21. The van der Waals surface area contributed by atoms with Crippen molar-refractivity contribution in [2.75, 3.05) is 13.2 Å². The molecule has 1 atom stereocenters. The van der Waals surface area contributed by atoms with E-state index in [9.17, 15) is 9.90 Å². The summed E-state index contributed by atoms with van der Waals surface area (Å²) < 4.78 is 5.69. The zero-order valence-corrected chi connectivity index (χ0v) is 14.6. The Morgan fingerprint density at radius 1 is 1.28 bits per heavy atom. The molecule has 1 aromatic heterocycles. The highest BCUT2D eigenvalue weighted by Gasteiger charge is 2.26. The van der Waals surface area contributed by atoms with Crippen LogP contribution in [0.5, 0.6) is 0 Å². The molecule has 6 heteroatoms. The van der Waals surface area contributed by atoms with Crippen LogP contribution in [0.3, 0.4) is 0 Å². The van der Waals surface area contributed by atoms with E-state index in [-0.39, 0.29) is 18.6 Å². The molecule has 0 aliphatic carbocycles. The van der Waals surface area contributed by atoms with Crippen molar-refractivity contribution >= 4 is 5.91 Å². The number of benzene rings is 1. The van der Waals surface area contributed by atoms with Gasteiger partial charge in [0.25, 0.3) is 0 Å². The summed E-state index contributed by atoms with van der Waals surface area (Å²) in [6.07, 6.45) is 4.59. The fourth-order valence-corrected chi connectivity index (χ4v) is 3.30. The van der Waals surface area contributed by atoms with Crippen molar-refractivity contribution in [3.8, 4) is 11.5 Å². The van der Waals surface area contributed by atoms with Crippen LogP contribution in [0, 0.1) is 6.92 Å². The zero-order chi connectivity index (χ0) is 17.6. The van der Waals surface area contributed by atoms with E-state index in [0.717, 1.165) is 31.4 Å². The molecule has 1 fully saturated rings. The first-order valence-electron chi connectivity index (χ1n) is 8.97. The normalized spacial score (nSPS) is 17.7. The molecule has 1 aromatic carbocycles. The quantitative estimate of drug-likeness (QED) is 0.872. The van der Waals surface area contributed by atoms with Gasteiger partial charge in [0.05, 0.1) is 0 Å². The van der Waals surface area contributed by atoms with Crippen LogP contribution < -0.4 is 0 Å². The largest absolute Gasteiger partial charge is 0.421 e. The summed E-state index contributed by atoms with van der Waals surface area (Å²) in [5, 5.41) is 17.3. The molecule has 2 heterocycles. The summed E-state index contributed by atoms with van der Waals surface area (Å²) in [5.41, 5.74) is 2.06. The van der Waals surface area contributed by atoms with Gasteiger partial charge in [0.2, 0.25) is 17.7 Å². The van der Waals surface area contributed by atoms with Crippen LogP contribution in [0.25, 0.3) is 11.5 Å². The number of aliphatic hydroxyl groups excluding tert-OH is 1.